The van der Waals surface area contributed by atoms with E-state index in [2.05, 4.69) is 20.8 Å². The molecule has 4 rings (SSSR count). The zero-order valence-corrected chi connectivity index (χ0v) is 21.3. The smallest absolute Gasteiger partial charge is 0.176 e. The van der Waals surface area contributed by atoms with E-state index in [0.717, 1.165) is 28.2 Å². The summed E-state index contributed by atoms with van der Waals surface area (Å²) in [6.07, 6.45) is 1.79. The first kappa shape index (κ1) is 24.5. The number of aromatic nitrogens is 4. The van der Waals surface area contributed by atoms with Crippen LogP contribution >= 0.6 is 47.0 Å². The largest absolute Gasteiger partial charge is 0.329 e. The van der Waals surface area contributed by atoms with Crippen LogP contribution in [0.15, 0.2) is 48.7 Å². The summed E-state index contributed by atoms with van der Waals surface area (Å²) in [5.41, 5.74) is 4.18. The highest BCUT2D eigenvalue weighted by atomic mass is 35.5. The van der Waals surface area contributed by atoms with Gasteiger partial charge in [-0.2, -0.15) is 10.2 Å². The second kappa shape index (κ2) is 10.3. The summed E-state index contributed by atoms with van der Waals surface area (Å²) in [7, 11) is 0. The number of aryl methyl sites for hydroxylation is 1. The average molecular weight is 538 g/mol. The number of benzene rings is 2. The van der Waals surface area contributed by atoms with Crippen molar-refractivity contribution < 1.29 is 4.39 Å². The third-order valence-electron chi connectivity index (χ3n) is 5.18. The first-order valence-corrected chi connectivity index (χ1v) is 11.8. The molecule has 34 heavy (non-hydrogen) atoms. The standard InChI is InChI=1S/C23H20Cl3FN6S/c1-13-22(14(2)33(30-13)12-16-3-5-17(24)9-19(16)25)29-23(34)28-21-7-8-32(31-21)11-15-4-6-18(27)10-20(15)26/h3-10H,11-12H2,1-2H3,(H2,28,29,31,34). The van der Waals surface area contributed by atoms with Gasteiger partial charge in [0, 0.05) is 27.3 Å². The van der Waals surface area contributed by atoms with Crippen molar-refractivity contribution in [1.29, 1.82) is 0 Å². The number of nitrogens with zero attached hydrogens (tertiary/aromatic N) is 4. The number of rotatable bonds is 6. The molecule has 2 aromatic heterocycles. The first-order valence-electron chi connectivity index (χ1n) is 10.2. The van der Waals surface area contributed by atoms with E-state index in [1.54, 1.807) is 35.1 Å². The van der Waals surface area contributed by atoms with Crippen molar-refractivity contribution in [3.8, 4) is 0 Å². The van der Waals surface area contributed by atoms with Crippen LogP contribution in [0.4, 0.5) is 15.9 Å². The molecule has 0 aliphatic carbocycles. The Bertz CT molecular complexity index is 1370. The van der Waals surface area contributed by atoms with Crippen LogP contribution in [-0.2, 0) is 13.1 Å². The lowest BCUT2D eigenvalue weighted by Gasteiger charge is -2.10. The number of halogens is 4. The minimum absolute atomic E-state index is 0.352. The number of nitrogens with one attached hydrogen (secondary N) is 2. The van der Waals surface area contributed by atoms with Crippen LogP contribution in [0.5, 0.6) is 0 Å². The fourth-order valence-corrected chi connectivity index (χ4v) is 4.35. The van der Waals surface area contributed by atoms with Gasteiger partial charge in [-0.15, -0.1) is 0 Å². The second-order valence-corrected chi connectivity index (χ2v) is 9.31. The molecule has 4 aromatic rings. The molecule has 2 heterocycles. The molecule has 0 atom stereocenters. The van der Waals surface area contributed by atoms with Gasteiger partial charge in [0.1, 0.15) is 5.82 Å². The molecule has 0 aliphatic rings. The normalized spacial score (nSPS) is 11.0. The maximum absolute atomic E-state index is 13.3. The Morgan fingerprint density at radius 2 is 1.65 bits per heavy atom. The Kier molecular flexibility index (Phi) is 7.42. The topological polar surface area (TPSA) is 59.7 Å². The van der Waals surface area contributed by atoms with Gasteiger partial charge in [0.05, 0.1) is 30.2 Å². The summed E-state index contributed by atoms with van der Waals surface area (Å²) >= 11 is 23.9. The Morgan fingerprint density at radius 3 is 2.38 bits per heavy atom. The van der Waals surface area contributed by atoms with E-state index in [0.29, 0.717) is 39.1 Å². The van der Waals surface area contributed by atoms with Crippen molar-refractivity contribution in [2.75, 3.05) is 10.6 Å². The fourth-order valence-electron chi connectivity index (χ4n) is 3.44. The summed E-state index contributed by atoms with van der Waals surface area (Å²) in [6.45, 7) is 4.76. The van der Waals surface area contributed by atoms with Crippen LogP contribution in [0.25, 0.3) is 0 Å². The van der Waals surface area contributed by atoms with Crippen molar-refractivity contribution in [3.05, 3.63) is 92.1 Å². The Hall–Kier alpha value is -2.65. The first-order chi connectivity index (χ1) is 16.2. The zero-order valence-electron chi connectivity index (χ0n) is 18.2. The summed E-state index contributed by atoms with van der Waals surface area (Å²) in [4.78, 5) is 0. The second-order valence-electron chi connectivity index (χ2n) is 7.65. The van der Waals surface area contributed by atoms with Crippen LogP contribution in [0.2, 0.25) is 15.1 Å². The highest BCUT2D eigenvalue weighted by Crippen LogP contribution is 2.25. The molecular formula is C23H20Cl3FN6S. The predicted octanol–water partition coefficient (Wildman–Crippen LogP) is 6.70. The minimum Gasteiger partial charge on any atom is -0.329 e. The Labute approximate surface area is 216 Å². The van der Waals surface area contributed by atoms with Crippen LogP contribution in [-0.4, -0.2) is 24.7 Å². The molecular weight excluding hydrogens is 518 g/mol. The van der Waals surface area contributed by atoms with Gasteiger partial charge >= 0.3 is 0 Å². The van der Waals surface area contributed by atoms with Crippen LogP contribution in [0.3, 0.4) is 0 Å². The van der Waals surface area contributed by atoms with Gasteiger partial charge in [-0.25, -0.2) is 4.39 Å². The summed E-state index contributed by atoms with van der Waals surface area (Å²) in [5.74, 6) is 0.185. The molecule has 0 aliphatic heterocycles. The van der Waals surface area contributed by atoms with Gasteiger partial charge < -0.3 is 10.6 Å². The van der Waals surface area contributed by atoms with Gasteiger partial charge in [-0.3, -0.25) is 9.36 Å². The summed E-state index contributed by atoms with van der Waals surface area (Å²) < 4.78 is 16.8. The van der Waals surface area contributed by atoms with E-state index >= 15 is 0 Å². The lowest BCUT2D eigenvalue weighted by Crippen LogP contribution is -2.20. The molecule has 0 fully saturated rings. The molecule has 2 N–H and O–H groups in total. The van der Waals surface area contributed by atoms with E-state index in [9.17, 15) is 4.39 Å². The van der Waals surface area contributed by atoms with E-state index in [1.165, 1.54) is 12.1 Å². The zero-order chi connectivity index (χ0) is 24.4. The predicted molar refractivity (Wildman–Crippen MR) is 140 cm³/mol. The minimum atomic E-state index is -0.377. The number of thiocarbonyl (C=S) groups is 1. The summed E-state index contributed by atoms with van der Waals surface area (Å²) in [5, 5.41) is 17.2. The van der Waals surface area contributed by atoms with Gasteiger partial charge in [-0.1, -0.05) is 46.9 Å². The summed E-state index contributed by atoms with van der Waals surface area (Å²) in [6, 6.07) is 11.5. The van der Waals surface area contributed by atoms with Crippen LogP contribution < -0.4 is 10.6 Å². The van der Waals surface area contributed by atoms with Crippen molar-refractivity contribution in [2.24, 2.45) is 0 Å². The molecule has 0 amide bonds. The van der Waals surface area contributed by atoms with Gasteiger partial charge in [0.2, 0.25) is 0 Å². The molecule has 0 spiro atoms. The molecule has 0 saturated heterocycles. The maximum atomic E-state index is 13.3. The highest BCUT2D eigenvalue weighted by molar-refractivity contribution is 7.80. The molecule has 6 nitrogen and oxygen atoms in total. The van der Waals surface area contributed by atoms with Gasteiger partial charge in [0.15, 0.2) is 10.9 Å². The third kappa shape index (κ3) is 5.70. The Balaban J connectivity index is 1.41. The monoisotopic (exact) mass is 536 g/mol. The number of anilines is 2. The maximum Gasteiger partial charge on any atom is 0.176 e. The van der Waals surface area contributed by atoms with E-state index in [4.69, 9.17) is 47.0 Å². The fraction of sp³-hybridized carbons (Fsp3) is 0.174. The van der Waals surface area contributed by atoms with E-state index in [-0.39, 0.29) is 5.82 Å². The molecule has 176 valence electrons. The van der Waals surface area contributed by atoms with Crippen molar-refractivity contribution in [3.63, 3.8) is 0 Å². The highest BCUT2D eigenvalue weighted by Gasteiger charge is 2.15. The molecule has 0 radical (unpaired) electrons. The molecule has 0 saturated carbocycles. The number of hydrogen-bond acceptors (Lipinski definition) is 3. The molecule has 2 aromatic carbocycles. The third-order valence-corrected chi connectivity index (χ3v) is 6.33. The molecule has 0 unspecified atom stereocenters. The molecule has 0 bridgehead atoms. The quantitative estimate of drug-likeness (QED) is 0.268. The van der Waals surface area contributed by atoms with E-state index < -0.39 is 0 Å². The number of hydrogen-bond donors (Lipinski definition) is 2. The van der Waals surface area contributed by atoms with Crippen molar-refractivity contribution in [2.45, 2.75) is 26.9 Å². The van der Waals surface area contributed by atoms with Gasteiger partial charge in [-0.05, 0) is 61.5 Å². The SMILES string of the molecule is Cc1nn(Cc2ccc(Cl)cc2Cl)c(C)c1NC(=S)Nc1ccn(Cc2ccc(F)cc2Cl)n1. The molecule has 11 heteroatoms. The van der Waals surface area contributed by atoms with Crippen LogP contribution in [0.1, 0.15) is 22.5 Å². The average Bonchev–Trinajstić information content (AvgIpc) is 3.31. The van der Waals surface area contributed by atoms with E-state index in [1.807, 2.05) is 24.6 Å². The van der Waals surface area contributed by atoms with Crippen molar-refractivity contribution in [1.82, 2.24) is 19.6 Å². The Morgan fingerprint density at radius 1 is 0.941 bits per heavy atom. The van der Waals surface area contributed by atoms with Crippen molar-refractivity contribution >= 4 is 63.6 Å². The van der Waals surface area contributed by atoms with Gasteiger partial charge in [0.25, 0.3) is 0 Å². The lowest BCUT2D eigenvalue weighted by molar-refractivity contribution is 0.624. The lowest BCUT2D eigenvalue weighted by atomic mass is 10.2. The van der Waals surface area contributed by atoms with Crippen LogP contribution in [0, 0.1) is 19.7 Å².